The van der Waals surface area contributed by atoms with E-state index in [1.807, 2.05) is 0 Å². The zero-order chi connectivity index (χ0) is 6.85. The molecule has 1 amide bonds. The highest BCUT2D eigenvalue weighted by atomic mass is 19.3. The molecule has 0 bridgehead atoms. The van der Waals surface area contributed by atoms with Crippen LogP contribution in [-0.2, 0) is 4.94 Å². The SMILES string of the molecule is O=C(OF)N1CC(O)C1. The molecule has 9 heavy (non-hydrogen) atoms. The number of aliphatic hydroxyl groups excluding tert-OH is 1. The normalized spacial score (nSPS) is 19.1. The van der Waals surface area contributed by atoms with Gasteiger partial charge in [-0.25, -0.2) is 9.74 Å². The van der Waals surface area contributed by atoms with E-state index in [9.17, 15) is 9.32 Å². The maximum atomic E-state index is 11.0. The van der Waals surface area contributed by atoms with Crippen LogP contribution in [0.15, 0.2) is 0 Å². The van der Waals surface area contributed by atoms with E-state index in [1.54, 1.807) is 0 Å². The fourth-order valence-corrected chi connectivity index (χ4v) is 0.653. The van der Waals surface area contributed by atoms with Gasteiger partial charge in [-0.15, -0.1) is 0 Å². The minimum Gasteiger partial charge on any atom is -0.389 e. The third kappa shape index (κ3) is 1.10. The zero-order valence-electron chi connectivity index (χ0n) is 4.58. The summed E-state index contributed by atoms with van der Waals surface area (Å²) in [6.45, 7) is 0.339. The summed E-state index contributed by atoms with van der Waals surface area (Å²) >= 11 is 0. The first-order valence-corrected chi connectivity index (χ1v) is 2.49. The Balaban J connectivity index is 2.23. The predicted molar refractivity (Wildman–Crippen MR) is 25.2 cm³/mol. The molecule has 1 saturated heterocycles. The van der Waals surface area contributed by atoms with Gasteiger partial charge in [-0.1, -0.05) is 0 Å². The number of aliphatic hydroxyl groups is 1. The second kappa shape index (κ2) is 2.18. The number of likely N-dealkylation sites (tertiary alicyclic amines) is 1. The van der Waals surface area contributed by atoms with Crippen LogP contribution in [0.3, 0.4) is 0 Å². The summed E-state index contributed by atoms with van der Waals surface area (Å²) in [5.41, 5.74) is 0. The Morgan fingerprint density at radius 2 is 2.33 bits per heavy atom. The molecule has 0 spiro atoms. The molecule has 1 N–H and O–H groups in total. The van der Waals surface area contributed by atoms with Crippen LogP contribution in [-0.4, -0.2) is 35.3 Å². The Morgan fingerprint density at radius 1 is 1.78 bits per heavy atom. The molecular formula is C4H6FNO3. The fourth-order valence-electron chi connectivity index (χ4n) is 0.653. The van der Waals surface area contributed by atoms with Gasteiger partial charge in [-0.05, 0) is 0 Å². The monoisotopic (exact) mass is 135 g/mol. The van der Waals surface area contributed by atoms with Crippen molar-refractivity contribution in [1.82, 2.24) is 4.90 Å². The van der Waals surface area contributed by atoms with Gasteiger partial charge < -0.3 is 10.0 Å². The van der Waals surface area contributed by atoms with Crippen molar-refractivity contribution in [2.24, 2.45) is 0 Å². The number of rotatable bonds is 0. The maximum absolute atomic E-state index is 11.0. The second-order valence-corrected chi connectivity index (χ2v) is 1.90. The first kappa shape index (κ1) is 6.28. The van der Waals surface area contributed by atoms with Crippen LogP contribution in [0.4, 0.5) is 9.32 Å². The molecule has 1 fully saturated rings. The van der Waals surface area contributed by atoms with Gasteiger partial charge in [0.05, 0.1) is 19.2 Å². The Morgan fingerprint density at radius 3 is 2.67 bits per heavy atom. The smallest absolute Gasteiger partial charge is 0.389 e. The van der Waals surface area contributed by atoms with Crippen molar-refractivity contribution in [3.8, 4) is 0 Å². The van der Waals surface area contributed by atoms with E-state index in [0.717, 1.165) is 4.90 Å². The largest absolute Gasteiger partial charge is 0.447 e. The number of hydrogen-bond donors (Lipinski definition) is 1. The van der Waals surface area contributed by atoms with Crippen molar-refractivity contribution in [2.45, 2.75) is 6.10 Å². The Bertz CT molecular complexity index is 123. The summed E-state index contributed by atoms with van der Waals surface area (Å²) in [7, 11) is 0. The van der Waals surface area contributed by atoms with Gasteiger partial charge >= 0.3 is 6.09 Å². The van der Waals surface area contributed by atoms with Crippen LogP contribution >= 0.6 is 0 Å². The van der Waals surface area contributed by atoms with E-state index in [4.69, 9.17) is 5.11 Å². The zero-order valence-corrected chi connectivity index (χ0v) is 4.58. The summed E-state index contributed by atoms with van der Waals surface area (Å²) in [6, 6.07) is 0. The van der Waals surface area contributed by atoms with Gasteiger partial charge in [0.1, 0.15) is 0 Å². The van der Waals surface area contributed by atoms with Crippen LogP contribution in [0.1, 0.15) is 0 Å². The topological polar surface area (TPSA) is 49.8 Å². The maximum Gasteiger partial charge on any atom is 0.447 e. The fraction of sp³-hybridized carbons (Fsp3) is 0.750. The minimum absolute atomic E-state index is 0.169. The number of nitrogens with zero attached hydrogens (tertiary/aromatic N) is 1. The lowest BCUT2D eigenvalue weighted by molar-refractivity contribution is -0.100. The third-order valence-electron chi connectivity index (χ3n) is 1.19. The van der Waals surface area contributed by atoms with Crippen molar-refractivity contribution < 1.29 is 19.4 Å². The lowest BCUT2D eigenvalue weighted by Crippen LogP contribution is -2.53. The second-order valence-electron chi connectivity index (χ2n) is 1.90. The Hall–Kier alpha value is -0.840. The van der Waals surface area contributed by atoms with Crippen molar-refractivity contribution in [3.63, 3.8) is 0 Å². The molecule has 52 valence electrons. The first-order chi connectivity index (χ1) is 4.24. The number of carbonyl (C=O) groups is 1. The van der Waals surface area contributed by atoms with Gasteiger partial charge in [0, 0.05) is 4.53 Å². The number of amides is 1. The molecule has 5 heteroatoms. The molecule has 1 aliphatic rings. The number of halogens is 1. The van der Waals surface area contributed by atoms with Crippen molar-refractivity contribution in [2.75, 3.05) is 13.1 Å². The lowest BCUT2D eigenvalue weighted by Gasteiger charge is -2.32. The number of carbonyl (C=O) groups excluding carboxylic acids is 1. The van der Waals surface area contributed by atoms with Crippen molar-refractivity contribution in [1.29, 1.82) is 0 Å². The quantitative estimate of drug-likeness (QED) is 0.495. The van der Waals surface area contributed by atoms with Crippen molar-refractivity contribution >= 4 is 6.09 Å². The molecule has 1 rings (SSSR count). The lowest BCUT2D eigenvalue weighted by atomic mass is 10.2. The van der Waals surface area contributed by atoms with Crippen LogP contribution in [0.25, 0.3) is 0 Å². The predicted octanol–water partition coefficient (Wildman–Crippen LogP) is -0.316. The van der Waals surface area contributed by atoms with E-state index < -0.39 is 12.2 Å². The number of β-amino-alcohol motifs (C(OH)–C–C–N with tert-alkyl or cyclic N) is 1. The van der Waals surface area contributed by atoms with E-state index >= 15 is 0 Å². The van der Waals surface area contributed by atoms with Gasteiger partial charge in [-0.2, -0.15) is 0 Å². The first-order valence-electron chi connectivity index (χ1n) is 2.49. The molecule has 0 aromatic rings. The third-order valence-corrected chi connectivity index (χ3v) is 1.19. The van der Waals surface area contributed by atoms with E-state index in [-0.39, 0.29) is 13.1 Å². The summed E-state index contributed by atoms with van der Waals surface area (Å²) < 4.78 is 11.0. The molecule has 0 unspecified atom stereocenters. The summed E-state index contributed by atoms with van der Waals surface area (Å²) in [6.07, 6.45) is -1.54. The average Bonchev–Trinajstić information content (AvgIpc) is 1.79. The highest BCUT2D eigenvalue weighted by Crippen LogP contribution is 2.08. The van der Waals surface area contributed by atoms with E-state index in [2.05, 4.69) is 4.94 Å². The van der Waals surface area contributed by atoms with Crippen molar-refractivity contribution in [3.05, 3.63) is 0 Å². The highest BCUT2D eigenvalue weighted by Gasteiger charge is 2.30. The van der Waals surface area contributed by atoms with Crippen LogP contribution < -0.4 is 0 Å². The van der Waals surface area contributed by atoms with Crippen LogP contribution in [0.5, 0.6) is 0 Å². The summed E-state index contributed by atoms with van der Waals surface area (Å²) in [5.74, 6) is 0. The summed E-state index contributed by atoms with van der Waals surface area (Å²) in [5, 5.41) is 8.59. The number of hydrogen-bond acceptors (Lipinski definition) is 3. The molecule has 1 heterocycles. The standard InChI is InChI=1S/C4H6FNO3/c5-9-4(8)6-1-3(7)2-6/h3,7H,1-2H2. The summed E-state index contributed by atoms with van der Waals surface area (Å²) in [4.78, 5) is 14.1. The van der Waals surface area contributed by atoms with Gasteiger partial charge in [0.2, 0.25) is 0 Å². The molecule has 0 radical (unpaired) electrons. The van der Waals surface area contributed by atoms with Crippen LogP contribution in [0, 0.1) is 0 Å². The van der Waals surface area contributed by atoms with E-state index in [0.29, 0.717) is 0 Å². The Labute approximate surface area is 50.7 Å². The molecule has 0 saturated carbocycles. The van der Waals surface area contributed by atoms with E-state index in [1.165, 1.54) is 0 Å². The van der Waals surface area contributed by atoms with Gasteiger partial charge in [-0.3, -0.25) is 0 Å². The van der Waals surface area contributed by atoms with Crippen LogP contribution in [0.2, 0.25) is 0 Å². The average molecular weight is 135 g/mol. The molecule has 4 nitrogen and oxygen atoms in total. The molecule has 0 atom stereocenters. The molecule has 0 aromatic heterocycles. The Kier molecular flexibility index (Phi) is 1.52. The highest BCUT2D eigenvalue weighted by molar-refractivity contribution is 5.67. The minimum atomic E-state index is -1.03. The molecular weight excluding hydrogens is 129 g/mol. The molecule has 0 aromatic carbocycles. The molecule has 1 aliphatic heterocycles. The van der Waals surface area contributed by atoms with Gasteiger partial charge in [0.25, 0.3) is 0 Å². The van der Waals surface area contributed by atoms with Gasteiger partial charge in [0.15, 0.2) is 0 Å². The molecule has 0 aliphatic carbocycles.